The topological polar surface area (TPSA) is 86.3 Å². The Morgan fingerprint density at radius 2 is 2.00 bits per heavy atom. The second kappa shape index (κ2) is 5.84. The zero-order valence-electron chi connectivity index (χ0n) is 12.4. The molecule has 116 valence electrons. The van der Waals surface area contributed by atoms with Crippen LogP contribution in [0.25, 0.3) is 0 Å². The van der Waals surface area contributed by atoms with Crippen molar-refractivity contribution < 1.29 is 9.53 Å². The lowest BCUT2D eigenvalue weighted by molar-refractivity contribution is -0.140. The van der Waals surface area contributed by atoms with E-state index in [4.69, 9.17) is 10.6 Å². The molecular formula is C13H21N5O2S. The molecule has 1 saturated heterocycles. The van der Waals surface area contributed by atoms with E-state index in [9.17, 15) is 4.79 Å². The van der Waals surface area contributed by atoms with E-state index in [0.717, 1.165) is 18.7 Å². The van der Waals surface area contributed by atoms with E-state index in [1.807, 2.05) is 18.7 Å². The average Bonchev–Trinajstić information content (AvgIpc) is 3.20. The SMILES string of the molecule is C[C@H]1CN(C(=O)CSc2nnc(C3CC3)n2N)C[C@H](C)O1. The van der Waals surface area contributed by atoms with Crippen LogP contribution in [-0.2, 0) is 9.53 Å². The number of morpholine rings is 1. The van der Waals surface area contributed by atoms with Gasteiger partial charge in [-0.15, -0.1) is 10.2 Å². The van der Waals surface area contributed by atoms with Gasteiger partial charge in [0.05, 0.1) is 18.0 Å². The summed E-state index contributed by atoms with van der Waals surface area (Å²) >= 11 is 1.35. The Kier molecular flexibility index (Phi) is 4.08. The number of hydrogen-bond donors (Lipinski definition) is 1. The van der Waals surface area contributed by atoms with E-state index in [1.165, 1.54) is 16.4 Å². The van der Waals surface area contributed by atoms with Gasteiger partial charge in [0, 0.05) is 19.0 Å². The summed E-state index contributed by atoms with van der Waals surface area (Å²) in [6, 6.07) is 0. The van der Waals surface area contributed by atoms with Crippen LogP contribution in [0.4, 0.5) is 0 Å². The summed E-state index contributed by atoms with van der Waals surface area (Å²) in [7, 11) is 0. The van der Waals surface area contributed by atoms with Crippen LogP contribution in [0.3, 0.4) is 0 Å². The zero-order chi connectivity index (χ0) is 15.0. The highest BCUT2D eigenvalue weighted by Crippen LogP contribution is 2.39. The van der Waals surface area contributed by atoms with Crippen LogP contribution in [-0.4, -0.2) is 56.7 Å². The number of hydrogen-bond acceptors (Lipinski definition) is 6. The highest BCUT2D eigenvalue weighted by molar-refractivity contribution is 7.99. The van der Waals surface area contributed by atoms with Gasteiger partial charge < -0.3 is 15.5 Å². The molecule has 1 aromatic rings. The maximum Gasteiger partial charge on any atom is 0.233 e. The summed E-state index contributed by atoms with van der Waals surface area (Å²) in [5, 5.41) is 8.80. The largest absolute Gasteiger partial charge is 0.372 e. The fraction of sp³-hybridized carbons (Fsp3) is 0.769. The molecule has 3 rings (SSSR count). The van der Waals surface area contributed by atoms with Crippen molar-refractivity contribution in [1.82, 2.24) is 19.8 Å². The maximum atomic E-state index is 12.3. The van der Waals surface area contributed by atoms with Gasteiger partial charge in [0.25, 0.3) is 0 Å². The van der Waals surface area contributed by atoms with Crippen molar-refractivity contribution in [2.75, 3.05) is 24.7 Å². The molecule has 1 amide bonds. The van der Waals surface area contributed by atoms with Crippen LogP contribution in [0.15, 0.2) is 5.16 Å². The van der Waals surface area contributed by atoms with Crippen LogP contribution in [0.1, 0.15) is 38.4 Å². The van der Waals surface area contributed by atoms with Gasteiger partial charge >= 0.3 is 0 Å². The summed E-state index contributed by atoms with van der Waals surface area (Å²) in [4.78, 5) is 14.1. The van der Waals surface area contributed by atoms with Crippen molar-refractivity contribution in [2.45, 2.75) is 50.0 Å². The molecule has 0 unspecified atom stereocenters. The van der Waals surface area contributed by atoms with Gasteiger partial charge in [-0.25, -0.2) is 4.68 Å². The Morgan fingerprint density at radius 3 is 2.62 bits per heavy atom. The average molecular weight is 311 g/mol. The van der Waals surface area contributed by atoms with Crippen molar-refractivity contribution in [2.24, 2.45) is 0 Å². The molecule has 0 radical (unpaired) electrons. The lowest BCUT2D eigenvalue weighted by Crippen LogP contribution is -2.48. The molecular weight excluding hydrogens is 290 g/mol. The molecule has 2 aliphatic rings. The summed E-state index contributed by atoms with van der Waals surface area (Å²) in [6.45, 7) is 5.27. The first-order valence-electron chi connectivity index (χ1n) is 7.31. The summed E-state index contributed by atoms with van der Waals surface area (Å²) in [5.74, 6) is 7.69. The van der Waals surface area contributed by atoms with Crippen LogP contribution in [0, 0.1) is 0 Å². The Labute approximate surface area is 128 Å². The van der Waals surface area contributed by atoms with Crippen molar-refractivity contribution in [3.63, 3.8) is 0 Å². The molecule has 1 aromatic heterocycles. The van der Waals surface area contributed by atoms with Crippen LogP contribution in [0.2, 0.25) is 0 Å². The predicted octanol–water partition coefficient (Wildman–Crippen LogP) is 0.597. The minimum absolute atomic E-state index is 0.0855. The number of nitrogen functional groups attached to an aromatic ring is 1. The third-order valence-corrected chi connectivity index (χ3v) is 4.66. The van der Waals surface area contributed by atoms with Gasteiger partial charge in [-0.05, 0) is 26.7 Å². The van der Waals surface area contributed by atoms with Crippen molar-refractivity contribution >= 4 is 17.7 Å². The third kappa shape index (κ3) is 3.32. The minimum atomic E-state index is 0.0855. The van der Waals surface area contributed by atoms with Crippen LogP contribution in [0.5, 0.6) is 0 Å². The number of thioether (sulfide) groups is 1. The number of ether oxygens (including phenoxy) is 1. The fourth-order valence-corrected chi connectivity index (χ4v) is 3.37. The maximum absolute atomic E-state index is 12.3. The first-order valence-corrected chi connectivity index (χ1v) is 8.29. The number of amides is 1. The number of carbonyl (C=O) groups excluding carboxylic acids is 1. The van der Waals surface area contributed by atoms with Gasteiger partial charge in [0.15, 0.2) is 5.82 Å². The van der Waals surface area contributed by atoms with Crippen LogP contribution >= 0.6 is 11.8 Å². The van der Waals surface area contributed by atoms with E-state index in [2.05, 4.69) is 10.2 Å². The van der Waals surface area contributed by atoms with Gasteiger partial charge in [-0.2, -0.15) is 0 Å². The lowest BCUT2D eigenvalue weighted by Gasteiger charge is -2.35. The molecule has 8 heteroatoms. The zero-order valence-corrected chi connectivity index (χ0v) is 13.2. The quantitative estimate of drug-likeness (QED) is 0.647. The van der Waals surface area contributed by atoms with Gasteiger partial charge in [-0.3, -0.25) is 4.79 Å². The highest BCUT2D eigenvalue weighted by atomic mass is 32.2. The Bertz CT molecular complexity index is 521. The van der Waals surface area contributed by atoms with Gasteiger partial charge in [-0.1, -0.05) is 11.8 Å². The number of nitrogens with two attached hydrogens (primary N) is 1. The van der Waals surface area contributed by atoms with Crippen molar-refractivity contribution in [3.05, 3.63) is 5.82 Å². The first-order chi connectivity index (χ1) is 10.0. The number of rotatable bonds is 4. The molecule has 2 atom stereocenters. The molecule has 1 saturated carbocycles. The normalized spacial score (nSPS) is 26.1. The van der Waals surface area contributed by atoms with E-state index in [-0.39, 0.29) is 18.1 Å². The standard InChI is InChI=1S/C13H21N5O2S/c1-8-5-17(6-9(2)20-8)11(19)7-21-13-16-15-12(18(13)14)10-3-4-10/h8-10H,3-7,14H2,1-2H3/t8-,9-/m0/s1. The minimum Gasteiger partial charge on any atom is -0.372 e. The smallest absolute Gasteiger partial charge is 0.233 e. The second-order valence-corrected chi connectivity index (χ2v) is 6.77. The third-order valence-electron chi connectivity index (χ3n) is 3.73. The molecule has 0 bridgehead atoms. The van der Waals surface area contributed by atoms with Gasteiger partial charge in [0.2, 0.25) is 11.1 Å². The summed E-state index contributed by atoms with van der Waals surface area (Å²) in [5.41, 5.74) is 0. The van der Waals surface area contributed by atoms with E-state index < -0.39 is 0 Å². The molecule has 0 spiro atoms. The van der Waals surface area contributed by atoms with E-state index in [1.54, 1.807) is 0 Å². The van der Waals surface area contributed by atoms with E-state index >= 15 is 0 Å². The molecule has 2 N–H and O–H groups in total. The number of aromatic nitrogens is 3. The molecule has 7 nitrogen and oxygen atoms in total. The van der Waals surface area contributed by atoms with Crippen molar-refractivity contribution in [1.29, 1.82) is 0 Å². The monoisotopic (exact) mass is 311 g/mol. The Balaban J connectivity index is 1.55. The molecule has 1 aliphatic heterocycles. The summed E-state index contributed by atoms with van der Waals surface area (Å²) in [6.07, 6.45) is 2.43. The Hall–Kier alpha value is -1.28. The second-order valence-electron chi connectivity index (χ2n) is 5.83. The van der Waals surface area contributed by atoms with Gasteiger partial charge in [0.1, 0.15) is 0 Å². The molecule has 1 aliphatic carbocycles. The number of nitrogens with zero attached hydrogens (tertiary/aromatic N) is 4. The molecule has 0 aromatic carbocycles. The number of carbonyl (C=O) groups is 1. The molecule has 2 heterocycles. The van der Waals surface area contributed by atoms with Crippen LogP contribution < -0.4 is 5.84 Å². The fourth-order valence-electron chi connectivity index (χ4n) is 2.61. The lowest BCUT2D eigenvalue weighted by atomic mass is 10.2. The highest BCUT2D eigenvalue weighted by Gasteiger charge is 2.30. The van der Waals surface area contributed by atoms with E-state index in [0.29, 0.717) is 29.9 Å². The Morgan fingerprint density at radius 1 is 1.33 bits per heavy atom. The predicted molar refractivity (Wildman–Crippen MR) is 79.5 cm³/mol. The summed E-state index contributed by atoms with van der Waals surface area (Å²) < 4.78 is 7.17. The molecule has 21 heavy (non-hydrogen) atoms. The first kappa shape index (κ1) is 14.6. The van der Waals surface area contributed by atoms with Crippen molar-refractivity contribution in [3.8, 4) is 0 Å². The molecule has 2 fully saturated rings.